The Bertz CT molecular complexity index is 1430. The van der Waals surface area contributed by atoms with Crippen molar-refractivity contribution in [3.05, 3.63) is 66.6 Å². The molecule has 3 aromatic heterocycles. The number of carbonyl (C=O) groups is 2. The Morgan fingerprint density at radius 2 is 1.69 bits per heavy atom. The van der Waals surface area contributed by atoms with Gasteiger partial charge in [0.05, 0.1) is 29.2 Å². The monoisotopic (exact) mass is 485 g/mol. The van der Waals surface area contributed by atoms with Gasteiger partial charge in [-0.05, 0) is 24.3 Å². The summed E-state index contributed by atoms with van der Waals surface area (Å²) in [6, 6.07) is 12.7. The number of hydrogen-bond acceptors (Lipinski definition) is 8. The number of aliphatic carboxylic acids is 1. The summed E-state index contributed by atoms with van der Waals surface area (Å²) in [4.78, 5) is 38.9. The third-order valence-electron chi connectivity index (χ3n) is 6.75. The number of amides is 1. The van der Waals surface area contributed by atoms with Gasteiger partial charge in [-0.25, -0.2) is 14.8 Å². The van der Waals surface area contributed by atoms with Gasteiger partial charge in [0, 0.05) is 55.7 Å². The lowest BCUT2D eigenvalue weighted by Crippen LogP contribution is -2.34. The van der Waals surface area contributed by atoms with Crippen molar-refractivity contribution in [3.63, 3.8) is 0 Å². The van der Waals surface area contributed by atoms with E-state index in [4.69, 9.17) is 9.84 Å². The van der Waals surface area contributed by atoms with Gasteiger partial charge in [-0.15, -0.1) is 0 Å². The highest BCUT2D eigenvalue weighted by Gasteiger charge is 2.42. The number of carboxylic acids is 1. The first-order chi connectivity index (χ1) is 17.6. The van der Waals surface area contributed by atoms with Crippen molar-refractivity contribution in [2.75, 3.05) is 37.7 Å². The zero-order valence-corrected chi connectivity index (χ0v) is 19.3. The van der Waals surface area contributed by atoms with E-state index in [0.717, 1.165) is 24.3 Å². The Morgan fingerprint density at radius 1 is 0.944 bits per heavy atom. The Kier molecular flexibility index (Phi) is 5.44. The fraction of sp³-hybridized carbons (Fsp3) is 0.280. The van der Waals surface area contributed by atoms with E-state index in [2.05, 4.69) is 25.1 Å². The van der Waals surface area contributed by atoms with E-state index < -0.39 is 12.6 Å². The number of fused-ring (bicyclic) bond motifs is 2. The van der Waals surface area contributed by atoms with Crippen molar-refractivity contribution >= 4 is 28.6 Å². The molecule has 0 saturated carbocycles. The van der Waals surface area contributed by atoms with Crippen LogP contribution in [-0.4, -0.2) is 79.6 Å². The minimum atomic E-state index is -1.05. The molecule has 6 rings (SSSR count). The number of likely N-dealkylation sites (tertiary alicyclic amines) is 1. The number of nitrogens with zero attached hydrogens (tertiary/aromatic N) is 7. The molecule has 2 unspecified atom stereocenters. The molecule has 2 aliphatic rings. The van der Waals surface area contributed by atoms with E-state index in [-0.39, 0.29) is 11.8 Å². The predicted octanol–water partition coefficient (Wildman–Crippen LogP) is 1.88. The zero-order chi connectivity index (χ0) is 24.6. The lowest BCUT2D eigenvalue weighted by Gasteiger charge is -2.24. The average molecular weight is 486 g/mol. The fourth-order valence-electron chi connectivity index (χ4n) is 5.16. The van der Waals surface area contributed by atoms with Crippen molar-refractivity contribution in [1.82, 2.24) is 29.9 Å². The number of rotatable bonds is 6. The number of aromatic nitrogens is 5. The molecule has 0 aliphatic carbocycles. The molecule has 0 bridgehead atoms. The summed E-state index contributed by atoms with van der Waals surface area (Å²) in [6.07, 6.45) is 4.89. The number of anilines is 1. The van der Waals surface area contributed by atoms with Crippen molar-refractivity contribution in [2.45, 2.75) is 0 Å². The summed E-state index contributed by atoms with van der Waals surface area (Å²) in [7, 11) is 0. The zero-order valence-electron chi connectivity index (χ0n) is 19.3. The Balaban J connectivity index is 1.17. The molecule has 11 nitrogen and oxygen atoms in total. The van der Waals surface area contributed by atoms with Crippen molar-refractivity contribution in [2.24, 2.45) is 11.8 Å². The van der Waals surface area contributed by atoms with Gasteiger partial charge in [-0.3, -0.25) is 4.79 Å². The van der Waals surface area contributed by atoms with Crippen LogP contribution >= 0.6 is 0 Å². The highest BCUT2D eigenvalue weighted by Crippen LogP contribution is 2.36. The standard InChI is InChI=1S/C25H23N7O4/c33-23(34)15-36-22-6-5-18-20(29-22)7-8-26-24(18)30-11-16-13-31(14-17(16)12-30)25(35)19-3-1-2-4-21(19)32-27-9-10-28-32/h1-10,16-17H,11-15H2,(H,33,34). The second-order valence-electron chi connectivity index (χ2n) is 9.00. The van der Waals surface area contributed by atoms with Gasteiger partial charge in [-0.1, -0.05) is 12.1 Å². The van der Waals surface area contributed by atoms with Crippen LogP contribution in [0.2, 0.25) is 0 Å². The molecule has 11 heteroatoms. The Labute approximate surface area is 205 Å². The second kappa shape index (κ2) is 8.91. The van der Waals surface area contributed by atoms with Gasteiger partial charge >= 0.3 is 5.97 Å². The molecule has 36 heavy (non-hydrogen) atoms. The number of ether oxygens (including phenoxy) is 1. The topological polar surface area (TPSA) is 127 Å². The predicted molar refractivity (Wildman–Crippen MR) is 129 cm³/mol. The summed E-state index contributed by atoms with van der Waals surface area (Å²) in [6.45, 7) is 2.50. The van der Waals surface area contributed by atoms with Crippen LogP contribution in [0, 0.1) is 11.8 Å². The highest BCUT2D eigenvalue weighted by molar-refractivity contribution is 5.98. The maximum absolute atomic E-state index is 13.4. The van der Waals surface area contributed by atoms with Gasteiger partial charge < -0.3 is 19.6 Å². The molecule has 1 aromatic carbocycles. The van der Waals surface area contributed by atoms with Crippen LogP contribution in [0.5, 0.6) is 5.88 Å². The number of benzene rings is 1. The Morgan fingerprint density at radius 3 is 2.44 bits per heavy atom. The maximum Gasteiger partial charge on any atom is 0.341 e. The van der Waals surface area contributed by atoms with E-state index in [1.165, 1.54) is 4.80 Å². The van der Waals surface area contributed by atoms with E-state index in [9.17, 15) is 9.59 Å². The van der Waals surface area contributed by atoms with Crippen LogP contribution in [0.1, 0.15) is 10.4 Å². The summed E-state index contributed by atoms with van der Waals surface area (Å²) in [5.74, 6) is 0.724. The van der Waals surface area contributed by atoms with Crippen molar-refractivity contribution in [3.8, 4) is 11.6 Å². The number of para-hydroxylation sites is 1. The van der Waals surface area contributed by atoms with Crippen molar-refractivity contribution < 1.29 is 19.4 Å². The smallest absolute Gasteiger partial charge is 0.341 e. The number of pyridine rings is 2. The lowest BCUT2D eigenvalue weighted by atomic mass is 10.0. The summed E-state index contributed by atoms with van der Waals surface area (Å²) in [5.41, 5.74) is 1.96. The third-order valence-corrected chi connectivity index (χ3v) is 6.75. The molecule has 0 radical (unpaired) electrons. The molecule has 1 amide bonds. The average Bonchev–Trinajstić information content (AvgIpc) is 3.64. The normalized spacial score (nSPS) is 19.0. The molecule has 2 saturated heterocycles. The van der Waals surface area contributed by atoms with Crippen molar-refractivity contribution in [1.29, 1.82) is 0 Å². The molecule has 2 aliphatic heterocycles. The van der Waals surface area contributed by atoms with Crippen LogP contribution in [0.25, 0.3) is 16.6 Å². The first-order valence-corrected chi connectivity index (χ1v) is 11.7. The fourth-order valence-corrected chi connectivity index (χ4v) is 5.16. The van der Waals surface area contributed by atoms with Gasteiger partial charge in [0.25, 0.3) is 5.91 Å². The summed E-state index contributed by atoms with van der Waals surface area (Å²) in [5, 5.41) is 18.1. The number of carbonyl (C=O) groups excluding carboxylic acids is 1. The van der Waals surface area contributed by atoms with Crippen LogP contribution in [0.3, 0.4) is 0 Å². The lowest BCUT2D eigenvalue weighted by molar-refractivity contribution is -0.139. The van der Waals surface area contributed by atoms with Gasteiger partial charge in [0.15, 0.2) is 6.61 Å². The minimum Gasteiger partial charge on any atom is -0.479 e. The van der Waals surface area contributed by atoms with Gasteiger partial charge in [0.1, 0.15) is 5.82 Å². The minimum absolute atomic E-state index is 0.00905. The molecule has 2 fully saturated rings. The van der Waals surface area contributed by atoms with Gasteiger partial charge in [-0.2, -0.15) is 15.0 Å². The third kappa shape index (κ3) is 3.98. The first-order valence-electron chi connectivity index (χ1n) is 11.7. The molecule has 2 atom stereocenters. The van der Waals surface area contributed by atoms with Crippen LogP contribution < -0.4 is 9.64 Å². The molecular weight excluding hydrogens is 462 g/mol. The molecule has 1 N–H and O–H groups in total. The van der Waals surface area contributed by atoms with E-state index in [1.54, 1.807) is 30.7 Å². The molecular formula is C25H23N7O4. The molecule has 5 heterocycles. The molecule has 4 aromatic rings. The van der Waals surface area contributed by atoms with Crippen LogP contribution in [0.4, 0.5) is 5.82 Å². The SMILES string of the molecule is O=C(O)COc1ccc2c(N3CC4CN(C(=O)c5ccccc5-n5nccn5)CC4C3)nccc2n1. The van der Waals surface area contributed by atoms with Gasteiger partial charge in [0.2, 0.25) is 5.88 Å². The van der Waals surface area contributed by atoms with E-state index in [1.807, 2.05) is 35.2 Å². The van der Waals surface area contributed by atoms with Crippen LogP contribution in [0.15, 0.2) is 61.1 Å². The number of hydrogen-bond donors (Lipinski definition) is 1. The second-order valence-corrected chi connectivity index (χ2v) is 9.00. The molecule has 182 valence electrons. The maximum atomic E-state index is 13.4. The Hall–Kier alpha value is -4.54. The summed E-state index contributed by atoms with van der Waals surface area (Å²) >= 11 is 0. The van der Waals surface area contributed by atoms with E-state index in [0.29, 0.717) is 41.7 Å². The first kappa shape index (κ1) is 22.0. The summed E-state index contributed by atoms with van der Waals surface area (Å²) < 4.78 is 5.21. The molecule has 0 spiro atoms. The van der Waals surface area contributed by atoms with E-state index >= 15 is 0 Å². The highest BCUT2D eigenvalue weighted by atomic mass is 16.5. The quantitative estimate of drug-likeness (QED) is 0.435. The largest absolute Gasteiger partial charge is 0.479 e. The number of carboxylic acid groups (broad SMARTS) is 1. The van der Waals surface area contributed by atoms with Crippen LogP contribution in [-0.2, 0) is 4.79 Å².